The average molecular weight is 225 g/mol. The van der Waals surface area contributed by atoms with Crippen molar-refractivity contribution in [2.24, 2.45) is 22.8 Å². The van der Waals surface area contributed by atoms with Gasteiger partial charge in [0.2, 0.25) is 5.91 Å². The monoisotopic (exact) mass is 225 g/mol. The number of hydrogen-bond acceptors (Lipinski definition) is 3. The first-order valence-corrected chi connectivity index (χ1v) is 6.23. The Balaban J connectivity index is 1.91. The molecule has 0 aromatic carbocycles. The first-order valence-electron chi connectivity index (χ1n) is 6.23. The standard InChI is InChI=1S/C12H23N3O/c1-8(2)10(14)11(16)15-4-3-12(7-15)5-9(13)6-12/h8-10H,3-7,13-14H2,1-2H3/t9?,10-,12?/m0/s1. The number of rotatable bonds is 2. The smallest absolute Gasteiger partial charge is 0.239 e. The van der Waals surface area contributed by atoms with E-state index in [0.717, 1.165) is 32.4 Å². The van der Waals surface area contributed by atoms with Crippen molar-refractivity contribution >= 4 is 5.91 Å². The number of carbonyl (C=O) groups is 1. The minimum absolute atomic E-state index is 0.118. The van der Waals surface area contributed by atoms with Gasteiger partial charge in [0.1, 0.15) is 0 Å². The molecule has 4 N–H and O–H groups in total. The summed E-state index contributed by atoms with van der Waals surface area (Å²) >= 11 is 0. The van der Waals surface area contributed by atoms with Gasteiger partial charge in [-0.3, -0.25) is 4.79 Å². The van der Waals surface area contributed by atoms with Gasteiger partial charge in [0.15, 0.2) is 0 Å². The summed E-state index contributed by atoms with van der Waals surface area (Å²) in [6.07, 6.45) is 3.26. The molecule has 2 aliphatic rings. The Morgan fingerprint density at radius 2 is 2.06 bits per heavy atom. The van der Waals surface area contributed by atoms with E-state index in [9.17, 15) is 4.79 Å². The van der Waals surface area contributed by atoms with Crippen LogP contribution in [0.5, 0.6) is 0 Å². The molecule has 1 atom stereocenters. The van der Waals surface area contributed by atoms with Crippen molar-refractivity contribution in [3.05, 3.63) is 0 Å². The lowest BCUT2D eigenvalue weighted by Crippen LogP contribution is -2.50. The van der Waals surface area contributed by atoms with Gasteiger partial charge in [-0.15, -0.1) is 0 Å². The fraction of sp³-hybridized carbons (Fsp3) is 0.917. The van der Waals surface area contributed by atoms with Crippen LogP contribution in [0.25, 0.3) is 0 Å². The molecule has 0 bridgehead atoms. The average Bonchev–Trinajstić information content (AvgIpc) is 2.60. The van der Waals surface area contributed by atoms with Crippen LogP contribution in [0.15, 0.2) is 0 Å². The summed E-state index contributed by atoms with van der Waals surface area (Å²) in [6, 6.07) is 0.0118. The Morgan fingerprint density at radius 1 is 1.44 bits per heavy atom. The van der Waals surface area contributed by atoms with Crippen LogP contribution < -0.4 is 11.5 Å². The molecule has 92 valence electrons. The number of likely N-dealkylation sites (tertiary alicyclic amines) is 1. The maximum Gasteiger partial charge on any atom is 0.239 e. The molecule has 0 unspecified atom stereocenters. The third kappa shape index (κ3) is 1.96. The van der Waals surface area contributed by atoms with Crippen LogP contribution in [0.3, 0.4) is 0 Å². The highest BCUT2D eigenvalue weighted by Gasteiger charge is 2.48. The molecule has 1 amide bonds. The topological polar surface area (TPSA) is 72.4 Å². The summed E-state index contributed by atoms with van der Waals surface area (Å²) < 4.78 is 0. The molecule has 0 radical (unpaired) electrons. The number of nitrogens with two attached hydrogens (primary N) is 2. The van der Waals surface area contributed by atoms with Crippen LogP contribution in [0.2, 0.25) is 0 Å². The van der Waals surface area contributed by atoms with E-state index in [1.54, 1.807) is 0 Å². The Kier molecular flexibility index (Phi) is 2.97. The molecular formula is C12H23N3O. The lowest BCUT2D eigenvalue weighted by atomic mass is 9.65. The Hall–Kier alpha value is -0.610. The summed E-state index contributed by atoms with van der Waals surface area (Å²) in [4.78, 5) is 14.0. The lowest BCUT2D eigenvalue weighted by Gasteiger charge is -2.43. The van der Waals surface area contributed by atoms with E-state index >= 15 is 0 Å². The molecule has 2 fully saturated rings. The zero-order chi connectivity index (χ0) is 11.9. The van der Waals surface area contributed by atoms with Gasteiger partial charge in [-0.25, -0.2) is 0 Å². The van der Waals surface area contributed by atoms with E-state index in [4.69, 9.17) is 11.5 Å². The fourth-order valence-electron chi connectivity index (χ4n) is 3.01. The van der Waals surface area contributed by atoms with E-state index in [-0.39, 0.29) is 17.9 Å². The van der Waals surface area contributed by atoms with Crippen LogP contribution in [0, 0.1) is 11.3 Å². The second-order valence-corrected chi connectivity index (χ2v) is 5.95. The molecule has 4 nitrogen and oxygen atoms in total. The summed E-state index contributed by atoms with van der Waals surface area (Å²) in [6.45, 7) is 5.73. The van der Waals surface area contributed by atoms with E-state index in [0.29, 0.717) is 11.5 Å². The van der Waals surface area contributed by atoms with Gasteiger partial charge in [0.05, 0.1) is 6.04 Å². The largest absolute Gasteiger partial charge is 0.341 e. The van der Waals surface area contributed by atoms with Crippen molar-refractivity contribution in [1.29, 1.82) is 0 Å². The molecule has 1 saturated carbocycles. The van der Waals surface area contributed by atoms with E-state index in [1.165, 1.54) is 0 Å². The summed E-state index contributed by atoms with van der Waals surface area (Å²) in [5, 5.41) is 0. The Labute approximate surface area is 97.3 Å². The van der Waals surface area contributed by atoms with Gasteiger partial charge in [-0.2, -0.15) is 0 Å². The molecule has 1 spiro atoms. The lowest BCUT2D eigenvalue weighted by molar-refractivity contribution is -0.133. The van der Waals surface area contributed by atoms with Crippen molar-refractivity contribution < 1.29 is 4.79 Å². The zero-order valence-electron chi connectivity index (χ0n) is 10.3. The van der Waals surface area contributed by atoms with Crippen LogP contribution in [0.4, 0.5) is 0 Å². The van der Waals surface area contributed by atoms with Crippen molar-refractivity contribution in [2.75, 3.05) is 13.1 Å². The van der Waals surface area contributed by atoms with E-state index in [1.807, 2.05) is 18.7 Å². The molecule has 1 aliphatic heterocycles. The third-order valence-corrected chi connectivity index (χ3v) is 4.14. The van der Waals surface area contributed by atoms with Crippen molar-refractivity contribution in [1.82, 2.24) is 4.90 Å². The van der Waals surface area contributed by atoms with Crippen molar-refractivity contribution in [2.45, 2.75) is 45.2 Å². The molecule has 0 aromatic rings. The second-order valence-electron chi connectivity index (χ2n) is 5.95. The normalized spacial score (nSPS) is 35.6. The number of carbonyl (C=O) groups excluding carboxylic acids is 1. The van der Waals surface area contributed by atoms with Gasteiger partial charge >= 0.3 is 0 Å². The maximum atomic E-state index is 12.1. The first-order chi connectivity index (χ1) is 7.43. The Morgan fingerprint density at radius 3 is 2.56 bits per heavy atom. The molecule has 1 aliphatic carbocycles. The summed E-state index contributed by atoms with van der Waals surface area (Å²) in [5.41, 5.74) is 12.1. The predicted octanol–water partition coefficient (Wildman–Crippen LogP) is 0.310. The highest BCUT2D eigenvalue weighted by molar-refractivity contribution is 5.82. The zero-order valence-corrected chi connectivity index (χ0v) is 10.3. The van der Waals surface area contributed by atoms with Crippen LogP contribution in [-0.2, 0) is 4.79 Å². The maximum absolute atomic E-state index is 12.1. The fourth-order valence-corrected chi connectivity index (χ4v) is 3.01. The van der Waals surface area contributed by atoms with Gasteiger partial charge < -0.3 is 16.4 Å². The van der Waals surface area contributed by atoms with E-state index in [2.05, 4.69) is 0 Å². The molecule has 2 rings (SSSR count). The molecule has 0 aromatic heterocycles. The minimum Gasteiger partial charge on any atom is -0.341 e. The van der Waals surface area contributed by atoms with E-state index < -0.39 is 0 Å². The van der Waals surface area contributed by atoms with Crippen LogP contribution >= 0.6 is 0 Å². The molecule has 1 heterocycles. The highest BCUT2D eigenvalue weighted by atomic mass is 16.2. The van der Waals surface area contributed by atoms with Crippen LogP contribution in [-0.4, -0.2) is 36.0 Å². The summed E-state index contributed by atoms with van der Waals surface area (Å²) in [7, 11) is 0. The Bertz CT molecular complexity index is 284. The number of hydrogen-bond donors (Lipinski definition) is 2. The second kappa shape index (κ2) is 4.00. The van der Waals surface area contributed by atoms with Gasteiger partial charge in [-0.05, 0) is 30.6 Å². The van der Waals surface area contributed by atoms with Crippen LogP contribution in [0.1, 0.15) is 33.1 Å². The highest BCUT2D eigenvalue weighted by Crippen LogP contribution is 2.47. The van der Waals surface area contributed by atoms with Crippen molar-refractivity contribution in [3.8, 4) is 0 Å². The predicted molar refractivity (Wildman–Crippen MR) is 63.7 cm³/mol. The molecule has 4 heteroatoms. The quantitative estimate of drug-likeness (QED) is 0.710. The first kappa shape index (κ1) is 11.9. The molecular weight excluding hydrogens is 202 g/mol. The van der Waals surface area contributed by atoms with Gasteiger partial charge in [0.25, 0.3) is 0 Å². The van der Waals surface area contributed by atoms with Crippen molar-refractivity contribution in [3.63, 3.8) is 0 Å². The van der Waals surface area contributed by atoms with Gasteiger partial charge in [0, 0.05) is 19.1 Å². The summed E-state index contributed by atoms with van der Waals surface area (Å²) in [5.74, 6) is 0.333. The van der Waals surface area contributed by atoms with Gasteiger partial charge in [-0.1, -0.05) is 13.8 Å². The molecule has 16 heavy (non-hydrogen) atoms. The SMILES string of the molecule is CC(C)[C@H](N)C(=O)N1CCC2(CC(N)C2)C1. The molecule has 1 saturated heterocycles. The number of nitrogens with zero attached hydrogens (tertiary/aromatic N) is 1. The minimum atomic E-state index is -0.344. The third-order valence-electron chi connectivity index (χ3n) is 4.14. The number of amides is 1.